The summed E-state index contributed by atoms with van der Waals surface area (Å²) in [4.78, 5) is 11.9. The maximum absolute atomic E-state index is 11.9. The monoisotopic (exact) mass is 214 g/mol. The number of hydrogen-bond acceptors (Lipinski definition) is 3. The first-order valence-corrected chi connectivity index (χ1v) is 5.65. The molecule has 0 aromatic carbocycles. The van der Waals surface area contributed by atoms with Crippen LogP contribution >= 0.6 is 0 Å². The van der Waals surface area contributed by atoms with Gasteiger partial charge in [-0.1, -0.05) is 6.92 Å². The van der Waals surface area contributed by atoms with Crippen molar-refractivity contribution in [2.24, 2.45) is 11.8 Å². The SMILES string of the molecule is CNCCNC(=O)C1C(C)OC(C)C1C. The molecule has 1 saturated heterocycles. The van der Waals surface area contributed by atoms with Crippen LogP contribution in [0, 0.1) is 11.8 Å². The van der Waals surface area contributed by atoms with Crippen LogP contribution in [0.25, 0.3) is 0 Å². The van der Waals surface area contributed by atoms with Gasteiger partial charge in [-0.05, 0) is 26.8 Å². The molecule has 0 saturated carbocycles. The van der Waals surface area contributed by atoms with Gasteiger partial charge in [-0.3, -0.25) is 4.79 Å². The highest BCUT2D eigenvalue weighted by atomic mass is 16.5. The first-order chi connectivity index (χ1) is 7.07. The summed E-state index contributed by atoms with van der Waals surface area (Å²) in [5.41, 5.74) is 0. The van der Waals surface area contributed by atoms with Gasteiger partial charge in [0.1, 0.15) is 0 Å². The fraction of sp³-hybridized carbons (Fsp3) is 0.909. The van der Waals surface area contributed by atoms with Gasteiger partial charge in [0.05, 0.1) is 18.1 Å². The number of carbonyl (C=O) groups is 1. The van der Waals surface area contributed by atoms with Gasteiger partial charge in [-0.15, -0.1) is 0 Å². The van der Waals surface area contributed by atoms with Crippen LogP contribution in [0.15, 0.2) is 0 Å². The third-order valence-electron chi connectivity index (χ3n) is 3.22. The van der Waals surface area contributed by atoms with E-state index in [-0.39, 0.29) is 24.0 Å². The Balaban J connectivity index is 2.44. The van der Waals surface area contributed by atoms with E-state index in [9.17, 15) is 4.79 Å². The number of ether oxygens (including phenoxy) is 1. The number of rotatable bonds is 4. The van der Waals surface area contributed by atoms with E-state index < -0.39 is 0 Å². The fourth-order valence-corrected chi connectivity index (χ4v) is 2.15. The second kappa shape index (κ2) is 5.47. The second-order valence-corrected chi connectivity index (χ2v) is 4.33. The molecule has 2 N–H and O–H groups in total. The van der Waals surface area contributed by atoms with E-state index in [1.165, 1.54) is 0 Å². The Morgan fingerprint density at radius 1 is 1.20 bits per heavy atom. The van der Waals surface area contributed by atoms with Crippen LogP contribution in [0.1, 0.15) is 20.8 Å². The van der Waals surface area contributed by atoms with E-state index in [0.29, 0.717) is 12.5 Å². The molecule has 0 spiro atoms. The lowest BCUT2D eigenvalue weighted by atomic mass is 9.89. The van der Waals surface area contributed by atoms with Crippen molar-refractivity contribution in [2.45, 2.75) is 33.0 Å². The highest BCUT2D eigenvalue weighted by molar-refractivity contribution is 5.79. The van der Waals surface area contributed by atoms with Crippen molar-refractivity contribution >= 4 is 5.91 Å². The Morgan fingerprint density at radius 3 is 2.33 bits per heavy atom. The van der Waals surface area contributed by atoms with Crippen LogP contribution in [0.4, 0.5) is 0 Å². The summed E-state index contributed by atoms with van der Waals surface area (Å²) < 4.78 is 5.64. The molecule has 4 atom stereocenters. The Hall–Kier alpha value is -0.610. The standard InChI is InChI=1S/C11H22N2O2/c1-7-8(2)15-9(3)10(7)11(14)13-6-5-12-4/h7-10,12H,5-6H2,1-4H3,(H,13,14). The lowest BCUT2D eigenvalue weighted by Crippen LogP contribution is -2.39. The van der Waals surface area contributed by atoms with Crippen LogP contribution in [0.3, 0.4) is 0 Å². The molecule has 1 fully saturated rings. The number of carbonyl (C=O) groups excluding carboxylic acids is 1. The number of amides is 1. The van der Waals surface area contributed by atoms with Crippen molar-refractivity contribution in [3.05, 3.63) is 0 Å². The maximum Gasteiger partial charge on any atom is 0.226 e. The summed E-state index contributed by atoms with van der Waals surface area (Å²) in [5, 5.41) is 5.92. The molecule has 4 unspecified atom stereocenters. The van der Waals surface area contributed by atoms with Gasteiger partial charge in [-0.2, -0.15) is 0 Å². The first-order valence-electron chi connectivity index (χ1n) is 5.65. The minimum absolute atomic E-state index is 0.00291. The van der Waals surface area contributed by atoms with Crippen molar-refractivity contribution in [1.29, 1.82) is 0 Å². The predicted octanol–water partition coefficient (Wildman–Crippen LogP) is 0.382. The quantitative estimate of drug-likeness (QED) is 0.665. The van der Waals surface area contributed by atoms with Crippen LogP contribution in [0.2, 0.25) is 0 Å². The lowest BCUT2D eigenvalue weighted by molar-refractivity contribution is -0.127. The van der Waals surface area contributed by atoms with Crippen molar-refractivity contribution in [1.82, 2.24) is 10.6 Å². The molecule has 0 aromatic rings. The molecule has 4 nitrogen and oxygen atoms in total. The van der Waals surface area contributed by atoms with Gasteiger partial charge >= 0.3 is 0 Å². The zero-order chi connectivity index (χ0) is 11.4. The Labute approximate surface area is 91.8 Å². The van der Waals surface area contributed by atoms with E-state index in [4.69, 9.17) is 4.74 Å². The number of likely N-dealkylation sites (N-methyl/N-ethyl adjacent to an activating group) is 1. The van der Waals surface area contributed by atoms with Crippen molar-refractivity contribution in [3.8, 4) is 0 Å². The zero-order valence-corrected chi connectivity index (χ0v) is 10.0. The molecule has 0 aromatic heterocycles. The van der Waals surface area contributed by atoms with Gasteiger partial charge in [-0.25, -0.2) is 0 Å². The summed E-state index contributed by atoms with van der Waals surface area (Å²) in [7, 11) is 1.87. The van der Waals surface area contributed by atoms with Crippen LogP contribution in [-0.4, -0.2) is 38.3 Å². The third kappa shape index (κ3) is 2.92. The lowest BCUT2D eigenvalue weighted by Gasteiger charge is -2.17. The molecule has 88 valence electrons. The van der Waals surface area contributed by atoms with Gasteiger partial charge in [0, 0.05) is 13.1 Å². The third-order valence-corrected chi connectivity index (χ3v) is 3.22. The van der Waals surface area contributed by atoms with Gasteiger partial charge in [0.2, 0.25) is 5.91 Å². The molecule has 0 bridgehead atoms. The second-order valence-electron chi connectivity index (χ2n) is 4.33. The summed E-state index contributed by atoms with van der Waals surface area (Å²) in [5.74, 6) is 0.418. The molecule has 1 aliphatic rings. The smallest absolute Gasteiger partial charge is 0.226 e. The normalized spacial score (nSPS) is 35.5. The topological polar surface area (TPSA) is 50.4 Å². The van der Waals surface area contributed by atoms with Crippen LogP contribution in [-0.2, 0) is 9.53 Å². The average molecular weight is 214 g/mol. The summed E-state index contributed by atoms with van der Waals surface area (Å²) in [6, 6.07) is 0. The highest BCUT2D eigenvalue weighted by Gasteiger charge is 2.41. The average Bonchev–Trinajstić information content (AvgIpc) is 2.41. The summed E-state index contributed by atoms with van der Waals surface area (Å²) in [6.07, 6.45) is 0.213. The van der Waals surface area contributed by atoms with Crippen molar-refractivity contribution in [2.75, 3.05) is 20.1 Å². The molecule has 1 aliphatic heterocycles. The maximum atomic E-state index is 11.9. The molecular formula is C11H22N2O2. The number of hydrogen-bond donors (Lipinski definition) is 2. The summed E-state index contributed by atoms with van der Waals surface area (Å²) >= 11 is 0. The van der Waals surface area contributed by atoms with Gasteiger partial charge in [0.25, 0.3) is 0 Å². The zero-order valence-electron chi connectivity index (χ0n) is 10.0. The molecular weight excluding hydrogens is 192 g/mol. The van der Waals surface area contributed by atoms with E-state index in [1.807, 2.05) is 20.9 Å². The molecule has 0 radical (unpaired) electrons. The molecule has 1 heterocycles. The van der Waals surface area contributed by atoms with E-state index >= 15 is 0 Å². The van der Waals surface area contributed by atoms with Gasteiger partial charge < -0.3 is 15.4 Å². The van der Waals surface area contributed by atoms with Crippen LogP contribution < -0.4 is 10.6 Å². The predicted molar refractivity (Wildman–Crippen MR) is 59.6 cm³/mol. The van der Waals surface area contributed by atoms with Gasteiger partial charge in [0.15, 0.2) is 0 Å². The Kier molecular flexibility index (Phi) is 4.54. The molecule has 15 heavy (non-hydrogen) atoms. The fourth-order valence-electron chi connectivity index (χ4n) is 2.15. The van der Waals surface area contributed by atoms with E-state index in [1.54, 1.807) is 0 Å². The van der Waals surface area contributed by atoms with Crippen molar-refractivity contribution in [3.63, 3.8) is 0 Å². The highest BCUT2D eigenvalue weighted by Crippen LogP contribution is 2.31. The number of nitrogens with one attached hydrogen (secondary N) is 2. The minimum Gasteiger partial charge on any atom is -0.374 e. The Morgan fingerprint density at radius 2 is 1.87 bits per heavy atom. The minimum atomic E-state index is -0.00291. The molecule has 0 aliphatic carbocycles. The first kappa shape index (κ1) is 12.5. The van der Waals surface area contributed by atoms with Crippen molar-refractivity contribution < 1.29 is 9.53 Å². The van der Waals surface area contributed by atoms with E-state index in [2.05, 4.69) is 17.6 Å². The van der Waals surface area contributed by atoms with Crippen LogP contribution in [0.5, 0.6) is 0 Å². The summed E-state index contributed by atoms with van der Waals surface area (Å²) in [6.45, 7) is 7.57. The molecule has 1 rings (SSSR count). The van der Waals surface area contributed by atoms with E-state index in [0.717, 1.165) is 6.54 Å². The molecule has 4 heteroatoms. The Bertz CT molecular complexity index is 221. The largest absolute Gasteiger partial charge is 0.374 e. The molecule has 1 amide bonds.